The molecule has 0 saturated carbocycles. The molecule has 0 aliphatic rings. The molecule has 1 heterocycles. The van der Waals surface area contributed by atoms with Crippen molar-refractivity contribution in [2.24, 2.45) is 0 Å². The normalized spacial score (nSPS) is 11.7. The van der Waals surface area contributed by atoms with E-state index in [4.69, 9.17) is 0 Å². The zero-order chi connectivity index (χ0) is 17.0. The Bertz CT molecular complexity index is 681. The Balaban J connectivity index is 2.21. The Morgan fingerprint density at radius 3 is 2.48 bits per heavy atom. The summed E-state index contributed by atoms with van der Waals surface area (Å²) in [5.74, 6) is -0.606. The monoisotopic (exact) mass is 343 g/mol. The maximum atomic E-state index is 12.9. The summed E-state index contributed by atoms with van der Waals surface area (Å²) in [7, 11) is 0. The number of carbonyl (C=O) groups excluding carboxylic acids is 1. The Morgan fingerprint density at radius 1 is 1.22 bits per heavy atom. The minimum absolute atomic E-state index is 0.203. The summed E-state index contributed by atoms with van der Waals surface area (Å²) in [6.07, 6.45) is -2.82. The molecule has 0 aliphatic carbocycles. The van der Waals surface area contributed by atoms with Crippen LogP contribution in [0.5, 0.6) is 0 Å². The van der Waals surface area contributed by atoms with Gasteiger partial charge < -0.3 is 0 Å². The fourth-order valence-electron chi connectivity index (χ4n) is 2.18. The molecule has 0 spiro atoms. The van der Waals surface area contributed by atoms with Crippen molar-refractivity contribution in [3.05, 3.63) is 40.4 Å². The fraction of sp³-hybridized carbons (Fsp3) is 0.400. The van der Waals surface area contributed by atoms with E-state index >= 15 is 0 Å². The summed E-state index contributed by atoms with van der Waals surface area (Å²) < 4.78 is 38.8. The van der Waals surface area contributed by atoms with Crippen molar-refractivity contribution in [3.63, 3.8) is 0 Å². The molecule has 23 heavy (non-hydrogen) atoms. The highest BCUT2D eigenvalue weighted by atomic mass is 32.1. The van der Waals surface area contributed by atoms with Crippen LogP contribution in [0.2, 0.25) is 0 Å². The lowest BCUT2D eigenvalue weighted by Crippen LogP contribution is -2.18. The van der Waals surface area contributed by atoms with E-state index in [0.29, 0.717) is 0 Å². The molecule has 2 aromatic rings. The Morgan fingerprint density at radius 2 is 1.87 bits per heavy atom. The maximum absolute atomic E-state index is 12.9. The molecule has 0 unspecified atom stereocenters. The van der Waals surface area contributed by atoms with Crippen molar-refractivity contribution >= 4 is 22.4 Å². The number of hydrogen-bond acceptors (Lipinski definition) is 4. The summed E-state index contributed by atoms with van der Waals surface area (Å²) in [6, 6.07) is 4.65. The number of rotatable bonds is 5. The van der Waals surface area contributed by atoms with Crippen LogP contribution in [0, 0.1) is 0 Å². The van der Waals surface area contributed by atoms with Gasteiger partial charge in [-0.05, 0) is 25.0 Å². The highest BCUT2D eigenvalue weighted by Gasteiger charge is 2.35. The van der Waals surface area contributed by atoms with Gasteiger partial charge in [0.25, 0.3) is 5.91 Å². The van der Waals surface area contributed by atoms with Gasteiger partial charge >= 0.3 is 6.18 Å². The molecule has 0 radical (unpaired) electrons. The van der Waals surface area contributed by atoms with Crippen molar-refractivity contribution in [2.75, 3.05) is 5.32 Å². The highest BCUT2D eigenvalue weighted by molar-refractivity contribution is 7.15. The van der Waals surface area contributed by atoms with Gasteiger partial charge in [0.15, 0.2) is 0 Å². The average molecular weight is 343 g/mol. The number of nitrogens with one attached hydrogen (secondary N) is 1. The first-order valence-corrected chi connectivity index (χ1v) is 7.99. The first-order valence-electron chi connectivity index (χ1n) is 7.17. The van der Waals surface area contributed by atoms with Crippen LogP contribution in [0.15, 0.2) is 24.3 Å². The van der Waals surface area contributed by atoms with E-state index < -0.39 is 23.2 Å². The van der Waals surface area contributed by atoms with Crippen LogP contribution in [0.3, 0.4) is 0 Å². The lowest BCUT2D eigenvalue weighted by Gasteiger charge is -2.11. The van der Waals surface area contributed by atoms with Gasteiger partial charge in [0.2, 0.25) is 5.13 Å². The van der Waals surface area contributed by atoms with Crippen LogP contribution in [-0.2, 0) is 6.18 Å². The second-order valence-corrected chi connectivity index (χ2v) is 5.97. The molecule has 0 bridgehead atoms. The van der Waals surface area contributed by atoms with Crippen LogP contribution >= 0.6 is 11.3 Å². The number of anilines is 1. The smallest absolute Gasteiger partial charge is 0.296 e. The van der Waals surface area contributed by atoms with E-state index in [9.17, 15) is 18.0 Å². The van der Waals surface area contributed by atoms with E-state index in [1.165, 1.54) is 23.5 Å². The van der Waals surface area contributed by atoms with Gasteiger partial charge in [0.05, 0.1) is 11.1 Å². The molecular weight excluding hydrogens is 327 g/mol. The van der Waals surface area contributed by atoms with Crippen molar-refractivity contribution < 1.29 is 18.0 Å². The quantitative estimate of drug-likeness (QED) is 0.855. The molecule has 2 rings (SSSR count). The number of halogens is 3. The summed E-state index contributed by atoms with van der Waals surface area (Å²) in [6.45, 7) is 4.04. The topological polar surface area (TPSA) is 54.9 Å². The van der Waals surface area contributed by atoms with Crippen molar-refractivity contribution in [2.45, 2.75) is 38.8 Å². The molecular formula is C15H16F3N3OS. The minimum atomic E-state index is -4.59. The first-order chi connectivity index (χ1) is 10.9. The van der Waals surface area contributed by atoms with Crippen molar-refractivity contribution in [1.82, 2.24) is 10.2 Å². The second kappa shape index (κ2) is 7.08. The van der Waals surface area contributed by atoms with Crippen LogP contribution in [0.4, 0.5) is 18.3 Å². The predicted octanol–water partition coefficient (Wildman–Crippen LogP) is 4.71. The molecule has 1 aromatic heterocycles. The molecule has 124 valence electrons. The fourth-order valence-corrected chi connectivity index (χ4v) is 3.19. The van der Waals surface area contributed by atoms with E-state index in [1.807, 2.05) is 13.8 Å². The molecule has 1 aromatic carbocycles. The number of carbonyl (C=O) groups is 1. The van der Waals surface area contributed by atoms with Crippen LogP contribution in [0.1, 0.15) is 53.5 Å². The largest absolute Gasteiger partial charge is 0.417 e. The maximum Gasteiger partial charge on any atom is 0.417 e. The third-order valence-corrected chi connectivity index (χ3v) is 4.47. The average Bonchev–Trinajstić information content (AvgIpc) is 2.96. The number of benzene rings is 1. The van der Waals surface area contributed by atoms with Gasteiger partial charge in [0, 0.05) is 5.92 Å². The lowest BCUT2D eigenvalue weighted by atomic mass is 10.1. The third kappa shape index (κ3) is 4.07. The number of hydrogen-bond donors (Lipinski definition) is 1. The highest BCUT2D eigenvalue weighted by Crippen LogP contribution is 2.33. The standard InChI is InChI=1S/C15H16F3N3OS/c1-3-9(4-2)13-20-21-14(23-13)19-12(22)10-7-5-6-8-11(10)15(16,17)18/h5-9H,3-4H2,1-2H3,(H,19,21,22). The summed E-state index contributed by atoms with van der Waals surface area (Å²) in [5, 5.41) is 11.2. The lowest BCUT2D eigenvalue weighted by molar-refractivity contribution is -0.137. The molecule has 0 saturated heterocycles. The van der Waals surface area contributed by atoms with E-state index in [-0.39, 0.29) is 11.0 Å². The number of alkyl halides is 3. The van der Waals surface area contributed by atoms with Gasteiger partial charge in [-0.3, -0.25) is 10.1 Å². The zero-order valence-electron chi connectivity index (χ0n) is 12.6. The van der Waals surface area contributed by atoms with Crippen LogP contribution < -0.4 is 5.32 Å². The summed E-state index contributed by atoms with van der Waals surface area (Å²) in [4.78, 5) is 12.1. The molecule has 0 aliphatic heterocycles. The minimum Gasteiger partial charge on any atom is -0.296 e. The zero-order valence-corrected chi connectivity index (χ0v) is 13.5. The van der Waals surface area contributed by atoms with Gasteiger partial charge in [-0.15, -0.1) is 10.2 Å². The molecule has 0 atom stereocenters. The Hall–Kier alpha value is -1.96. The van der Waals surface area contributed by atoms with E-state index in [0.717, 1.165) is 30.0 Å². The van der Waals surface area contributed by atoms with Gasteiger partial charge in [-0.25, -0.2) is 0 Å². The van der Waals surface area contributed by atoms with Crippen molar-refractivity contribution in [3.8, 4) is 0 Å². The molecule has 0 fully saturated rings. The van der Waals surface area contributed by atoms with Gasteiger partial charge in [-0.2, -0.15) is 13.2 Å². The number of aromatic nitrogens is 2. The van der Waals surface area contributed by atoms with E-state index in [2.05, 4.69) is 15.5 Å². The Kier molecular flexibility index (Phi) is 5.35. The molecule has 1 N–H and O–H groups in total. The predicted molar refractivity (Wildman–Crippen MR) is 82.6 cm³/mol. The number of amides is 1. The van der Waals surface area contributed by atoms with Gasteiger partial charge in [0.1, 0.15) is 5.01 Å². The molecule has 4 nitrogen and oxygen atoms in total. The van der Waals surface area contributed by atoms with Crippen LogP contribution in [-0.4, -0.2) is 16.1 Å². The van der Waals surface area contributed by atoms with E-state index in [1.54, 1.807) is 0 Å². The second-order valence-electron chi connectivity index (χ2n) is 4.96. The summed E-state index contributed by atoms with van der Waals surface area (Å²) in [5.41, 5.74) is -1.40. The molecule has 8 heteroatoms. The molecule has 1 amide bonds. The SMILES string of the molecule is CCC(CC)c1nnc(NC(=O)c2ccccc2C(F)(F)F)s1. The summed E-state index contributed by atoms with van der Waals surface area (Å²) >= 11 is 1.19. The first kappa shape index (κ1) is 17.4. The third-order valence-electron chi connectivity index (χ3n) is 3.47. The Labute approximate surface area is 135 Å². The van der Waals surface area contributed by atoms with Gasteiger partial charge in [-0.1, -0.05) is 37.3 Å². The number of nitrogens with zero attached hydrogens (tertiary/aromatic N) is 2. The van der Waals surface area contributed by atoms with Crippen molar-refractivity contribution in [1.29, 1.82) is 0 Å². The van der Waals surface area contributed by atoms with Crippen LogP contribution in [0.25, 0.3) is 0 Å².